The summed E-state index contributed by atoms with van der Waals surface area (Å²) in [5, 5.41) is 22.2. The van der Waals surface area contributed by atoms with E-state index in [2.05, 4.69) is 10.0 Å². The van der Waals surface area contributed by atoms with E-state index in [9.17, 15) is 28.1 Å². The van der Waals surface area contributed by atoms with Crippen LogP contribution in [-0.2, 0) is 26.0 Å². The van der Waals surface area contributed by atoms with Gasteiger partial charge < -0.3 is 10.1 Å². The smallest absolute Gasteiger partial charge is 0.340 e. The van der Waals surface area contributed by atoms with Gasteiger partial charge in [-0.15, -0.1) is 0 Å². The first kappa shape index (κ1) is 24.9. The molecule has 0 atom stereocenters. The molecule has 0 saturated carbocycles. The van der Waals surface area contributed by atoms with Crippen molar-refractivity contribution in [2.75, 3.05) is 16.6 Å². The van der Waals surface area contributed by atoms with Crippen molar-refractivity contribution in [3.05, 3.63) is 94.0 Å². The maximum Gasteiger partial charge on any atom is 0.340 e. The summed E-state index contributed by atoms with van der Waals surface area (Å²) in [7, 11) is -4.27. The molecule has 35 heavy (non-hydrogen) atoms. The summed E-state index contributed by atoms with van der Waals surface area (Å²) in [5.74, 6) is -1.58. The normalized spacial score (nSPS) is 10.6. The molecule has 0 saturated heterocycles. The number of anilines is 2. The number of ether oxygens (including phenoxy) is 1. The van der Waals surface area contributed by atoms with Crippen LogP contribution in [0.15, 0.2) is 77.7 Å². The number of carbonyl (C=O) groups excluding carboxylic acids is 2. The minimum absolute atomic E-state index is 0.127. The lowest BCUT2D eigenvalue weighted by Gasteiger charge is -2.12. The highest BCUT2D eigenvalue weighted by Crippen LogP contribution is 2.23. The zero-order chi connectivity index (χ0) is 25.4. The number of nitriles is 1. The second kappa shape index (κ2) is 10.9. The highest BCUT2D eigenvalue weighted by atomic mass is 32.2. The third-order valence-corrected chi connectivity index (χ3v) is 5.95. The number of nitro benzene ring substituents is 1. The Balaban J connectivity index is 1.67. The first-order chi connectivity index (χ1) is 16.7. The molecule has 0 bridgehead atoms. The third kappa shape index (κ3) is 6.62. The average molecular weight is 494 g/mol. The van der Waals surface area contributed by atoms with Gasteiger partial charge in [-0.05, 0) is 35.9 Å². The summed E-state index contributed by atoms with van der Waals surface area (Å²) >= 11 is 0. The number of rotatable bonds is 9. The molecule has 12 heteroatoms. The number of sulfonamides is 1. The van der Waals surface area contributed by atoms with E-state index in [4.69, 9.17) is 10.00 Å². The highest BCUT2D eigenvalue weighted by molar-refractivity contribution is 7.92. The van der Waals surface area contributed by atoms with Gasteiger partial charge in [-0.2, -0.15) is 5.26 Å². The molecule has 3 rings (SSSR count). The molecule has 1 amide bonds. The van der Waals surface area contributed by atoms with E-state index in [0.29, 0.717) is 5.69 Å². The summed E-state index contributed by atoms with van der Waals surface area (Å²) in [6.07, 6.45) is 0.232. The Morgan fingerprint density at radius 1 is 1.03 bits per heavy atom. The number of carbonyl (C=O) groups is 2. The van der Waals surface area contributed by atoms with E-state index in [0.717, 1.165) is 17.7 Å². The van der Waals surface area contributed by atoms with E-state index in [1.807, 2.05) is 6.07 Å². The van der Waals surface area contributed by atoms with Gasteiger partial charge in [0.15, 0.2) is 6.61 Å². The van der Waals surface area contributed by atoms with Gasteiger partial charge in [0.05, 0.1) is 33.6 Å². The first-order valence-electron chi connectivity index (χ1n) is 9.99. The summed E-state index contributed by atoms with van der Waals surface area (Å²) in [4.78, 5) is 34.5. The van der Waals surface area contributed by atoms with Crippen molar-refractivity contribution in [1.82, 2.24) is 0 Å². The fraction of sp³-hybridized carbons (Fsp3) is 0.0870. The summed E-state index contributed by atoms with van der Waals surface area (Å²) < 4.78 is 32.7. The van der Waals surface area contributed by atoms with Crippen molar-refractivity contribution in [3.8, 4) is 6.07 Å². The highest BCUT2D eigenvalue weighted by Gasteiger charge is 2.21. The predicted octanol–water partition coefficient (Wildman–Crippen LogP) is 3.26. The number of nitrogens with one attached hydrogen (secondary N) is 2. The van der Waals surface area contributed by atoms with E-state index < -0.39 is 39.1 Å². The molecule has 11 nitrogen and oxygen atoms in total. The van der Waals surface area contributed by atoms with Gasteiger partial charge in [0.2, 0.25) is 0 Å². The van der Waals surface area contributed by atoms with Crippen LogP contribution >= 0.6 is 0 Å². The summed E-state index contributed by atoms with van der Waals surface area (Å²) in [6.45, 7) is -0.634. The van der Waals surface area contributed by atoms with Crippen molar-refractivity contribution in [2.45, 2.75) is 11.3 Å². The van der Waals surface area contributed by atoms with E-state index in [-0.39, 0.29) is 22.6 Å². The molecule has 3 aromatic carbocycles. The number of hydrogen-bond donors (Lipinski definition) is 2. The minimum Gasteiger partial charge on any atom is -0.452 e. The lowest BCUT2D eigenvalue weighted by Crippen LogP contribution is -2.22. The number of nitro groups is 1. The van der Waals surface area contributed by atoms with Crippen LogP contribution in [0.3, 0.4) is 0 Å². The lowest BCUT2D eigenvalue weighted by atomic mass is 10.1. The molecule has 0 fully saturated rings. The summed E-state index contributed by atoms with van der Waals surface area (Å²) in [6, 6.07) is 18.6. The largest absolute Gasteiger partial charge is 0.452 e. The van der Waals surface area contributed by atoms with Crippen molar-refractivity contribution in [3.63, 3.8) is 0 Å². The maximum absolute atomic E-state index is 12.7. The zero-order valence-electron chi connectivity index (χ0n) is 18.0. The van der Waals surface area contributed by atoms with Gasteiger partial charge in [-0.3, -0.25) is 19.6 Å². The van der Waals surface area contributed by atoms with Gasteiger partial charge >= 0.3 is 5.97 Å². The van der Waals surface area contributed by atoms with Gasteiger partial charge in [0, 0.05) is 17.8 Å². The maximum atomic E-state index is 12.7. The fourth-order valence-electron chi connectivity index (χ4n) is 2.92. The standard InChI is InChI=1S/C23H18N4O7S/c24-13-12-16-8-10-17(11-9-16)25-22(28)15-34-23(29)20-6-1-2-7-21(20)26-35(32,33)19-5-3-4-18(14-19)27(30)31/h1-11,14,26H,12,15H2,(H,25,28). The number of para-hydroxylation sites is 1. The van der Waals surface area contributed by atoms with Gasteiger partial charge in [-0.25, -0.2) is 13.2 Å². The monoisotopic (exact) mass is 494 g/mol. The van der Waals surface area contributed by atoms with E-state index in [1.165, 1.54) is 36.4 Å². The molecule has 0 aliphatic carbocycles. The molecule has 0 spiro atoms. The Kier molecular flexibility index (Phi) is 7.75. The SMILES string of the molecule is N#CCc1ccc(NC(=O)COC(=O)c2ccccc2NS(=O)(=O)c2cccc([N+](=O)[O-])c2)cc1. The molecule has 0 radical (unpaired) electrons. The number of esters is 1. The Hall–Kier alpha value is -4.76. The van der Waals surface area contributed by atoms with Crippen molar-refractivity contribution >= 4 is 39.0 Å². The van der Waals surface area contributed by atoms with Crippen LogP contribution in [0.5, 0.6) is 0 Å². The number of non-ortho nitro benzene ring substituents is 1. The molecule has 2 N–H and O–H groups in total. The Bertz CT molecular complexity index is 1410. The Morgan fingerprint density at radius 2 is 1.74 bits per heavy atom. The van der Waals surface area contributed by atoms with Crippen molar-refractivity contribution < 1.29 is 27.7 Å². The Labute approximate surface area is 200 Å². The number of benzene rings is 3. The van der Waals surface area contributed by atoms with Crippen LogP contribution in [0, 0.1) is 21.4 Å². The summed E-state index contributed by atoms with van der Waals surface area (Å²) in [5.41, 5.74) is 0.526. The van der Waals surface area contributed by atoms with Crippen LogP contribution in [0.2, 0.25) is 0 Å². The second-order valence-corrected chi connectivity index (χ2v) is 8.74. The molecule has 0 heterocycles. The molecule has 0 aliphatic heterocycles. The molecule has 3 aromatic rings. The quantitative estimate of drug-likeness (QED) is 0.259. The van der Waals surface area contributed by atoms with E-state index >= 15 is 0 Å². The van der Waals surface area contributed by atoms with Gasteiger partial charge in [-0.1, -0.05) is 30.3 Å². The Morgan fingerprint density at radius 3 is 2.43 bits per heavy atom. The van der Waals surface area contributed by atoms with Crippen LogP contribution in [0.1, 0.15) is 15.9 Å². The molecular formula is C23H18N4O7S. The van der Waals surface area contributed by atoms with Crippen molar-refractivity contribution in [1.29, 1.82) is 5.26 Å². The van der Waals surface area contributed by atoms with Crippen LogP contribution in [0.4, 0.5) is 17.1 Å². The minimum atomic E-state index is -4.27. The van der Waals surface area contributed by atoms with Crippen LogP contribution in [0.25, 0.3) is 0 Å². The molecule has 0 aromatic heterocycles. The third-order valence-electron chi connectivity index (χ3n) is 4.59. The van der Waals surface area contributed by atoms with Gasteiger partial charge in [0.25, 0.3) is 21.6 Å². The molecule has 178 valence electrons. The van der Waals surface area contributed by atoms with Crippen LogP contribution in [-0.4, -0.2) is 31.8 Å². The number of amides is 1. The number of nitrogens with zero attached hydrogens (tertiary/aromatic N) is 2. The second-order valence-electron chi connectivity index (χ2n) is 7.06. The predicted molar refractivity (Wildman–Crippen MR) is 125 cm³/mol. The number of hydrogen-bond acceptors (Lipinski definition) is 8. The fourth-order valence-corrected chi connectivity index (χ4v) is 4.04. The molecule has 0 unspecified atom stereocenters. The molecular weight excluding hydrogens is 476 g/mol. The average Bonchev–Trinajstić information content (AvgIpc) is 2.84. The first-order valence-corrected chi connectivity index (χ1v) is 11.5. The van der Waals surface area contributed by atoms with E-state index in [1.54, 1.807) is 24.3 Å². The van der Waals surface area contributed by atoms with Gasteiger partial charge in [0.1, 0.15) is 0 Å². The molecule has 0 aliphatic rings. The topological polar surface area (TPSA) is 168 Å². The zero-order valence-corrected chi connectivity index (χ0v) is 18.8. The van der Waals surface area contributed by atoms with Crippen molar-refractivity contribution in [2.24, 2.45) is 0 Å². The van der Waals surface area contributed by atoms with Crippen LogP contribution < -0.4 is 10.0 Å². The lowest BCUT2D eigenvalue weighted by molar-refractivity contribution is -0.385.